The van der Waals surface area contributed by atoms with Gasteiger partial charge in [0.1, 0.15) is 11.9 Å². The number of nitrogens with zero attached hydrogens (tertiary/aromatic N) is 2. The van der Waals surface area contributed by atoms with Crippen LogP contribution in [0.1, 0.15) is 33.8 Å². The Morgan fingerprint density at radius 1 is 1.08 bits per heavy atom. The first-order valence-corrected chi connectivity index (χ1v) is 7.45. The van der Waals surface area contributed by atoms with Gasteiger partial charge in [-0.05, 0) is 37.3 Å². The summed E-state index contributed by atoms with van der Waals surface area (Å²) < 4.78 is 13.9. The molecule has 0 amide bonds. The van der Waals surface area contributed by atoms with Crippen molar-refractivity contribution in [2.75, 3.05) is 0 Å². The highest BCUT2D eigenvalue weighted by Gasteiger charge is 2.23. The van der Waals surface area contributed by atoms with Crippen LogP contribution in [0.25, 0.3) is 10.8 Å². The van der Waals surface area contributed by atoms with Gasteiger partial charge in [-0.2, -0.15) is 5.10 Å². The molecule has 2 aromatic carbocycles. The molecule has 0 aliphatic heterocycles. The largest absolute Gasteiger partial charge is 0.476 e. The lowest BCUT2D eigenvalue weighted by Gasteiger charge is -2.15. The van der Waals surface area contributed by atoms with Crippen LogP contribution in [0.15, 0.2) is 53.3 Å². The zero-order valence-electron chi connectivity index (χ0n) is 13.1. The Labute approximate surface area is 141 Å². The van der Waals surface area contributed by atoms with Gasteiger partial charge >= 0.3 is 5.97 Å². The van der Waals surface area contributed by atoms with E-state index in [-0.39, 0.29) is 22.0 Å². The van der Waals surface area contributed by atoms with E-state index in [0.717, 1.165) is 16.8 Å². The number of carboxylic acid groups (broad SMARTS) is 1. The molecule has 0 saturated carbocycles. The van der Waals surface area contributed by atoms with E-state index in [9.17, 15) is 23.9 Å². The van der Waals surface area contributed by atoms with Gasteiger partial charge in [-0.15, -0.1) is 0 Å². The third kappa shape index (κ3) is 2.91. The Balaban J connectivity index is 2.16. The fourth-order valence-electron chi connectivity index (χ4n) is 2.59. The summed E-state index contributed by atoms with van der Waals surface area (Å²) >= 11 is 0. The molecule has 0 saturated heterocycles. The van der Waals surface area contributed by atoms with Crippen LogP contribution in [0.4, 0.5) is 4.39 Å². The highest BCUT2D eigenvalue weighted by molar-refractivity contribution is 6.02. The average molecular weight is 340 g/mol. The fraction of sp³-hybridized carbons (Fsp3) is 0.111. The number of aromatic carboxylic acids is 1. The molecule has 25 heavy (non-hydrogen) atoms. The fourth-order valence-corrected chi connectivity index (χ4v) is 2.59. The number of hydrogen-bond donors (Lipinski definition) is 1. The number of benzene rings is 2. The van der Waals surface area contributed by atoms with Crippen molar-refractivity contribution < 1.29 is 19.1 Å². The standard InChI is InChI=1S/C18H13FN2O4/c1-10(16(22)11-6-8-12(19)9-7-11)21-17(23)14-5-3-2-4-13(14)15(20-21)18(24)25/h2-10H,1H3,(H,24,25). The number of carbonyl (C=O) groups is 2. The summed E-state index contributed by atoms with van der Waals surface area (Å²) in [6, 6.07) is 10.0. The Morgan fingerprint density at radius 2 is 1.68 bits per heavy atom. The van der Waals surface area contributed by atoms with Gasteiger partial charge in [0, 0.05) is 10.9 Å². The highest BCUT2D eigenvalue weighted by Crippen LogP contribution is 2.17. The summed E-state index contributed by atoms with van der Waals surface area (Å²) in [6.07, 6.45) is 0. The van der Waals surface area contributed by atoms with E-state index in [1.165, 1.54) is 31.2 Å². The molecule has 1 N–H and O–H groups in total. The number of aromatic nitrogens is 2. The van der Waals surface area contributed by atoms with E-state index in [2.05, 4.69) is 5.10 Å². The maximum absolute atomic E-state index is 13.0. The SMILES string of the molecule is CC(C(=O)c1ccc(F)cc1)n1nc(C(=O)O)c2ccccc2c1=O. The molecule has 1 unspecified atom stereocenters. The number of hydrogen-bond acceptors (Lipinski definition) is 4. The molecule has 1 heterocycles. The predicted molar refractivity (Wildman–Crippen MR) is 88.4 cm³/mol. The smallest absolute Gasteiger partial charge is 0.357 e. The monoisotopic (exact) mass is 340 g/mol. The van der Waals surface area contributed by atoms with Crippen LogP contribution in [-0.4, -0.2) is 26.6 Å². The van der Waals surface area contributed by atoms with E-state index in [0.29, 0.717) is 0 Å². The van der Waals surface area contributed by atoms with Gasteiger partial charge in [-0.3, -0.25) is 9.59 Å². The Hall–Kier alpha value is -3.35. The zero-order valence-corrected chi connectivity index (χ0v) is 13.1. The second-order valence-corrected chi connectivity index (χ2v) is 5.50. The van der Waals surface area contributed by atoms with E-state index in [4.69, 9.17) is 0 Å². The van der Waals surface area contributed by atoms with Crippen LogP contribution < -0.4 is 5.56 Å². The molecule has 0 fully saturated rings. The van der Waals surface area contributed by atoms with Crippen molar-refractivity contribution in [1.29, 1.82) is 0 Å². The third-order valence-corrected chi connectivity index (χ3v) is 3.91. The molecule has 3 rings (SSSR count). The summed E-state index contributed by atoms with van der Waals surface area (Å²) in [6.45, 7) is 1.44. The third-order valence-electron chi connectivity index (χ3n) is 3.91. The van der Waals surface area contributed by atoms with Gasteiger partial charge in [-0.1, -0.05) is 18.2 Å². The van der Waals surface area contributed by atoms with Crippen molar-refractivity contribution >= 4 is 22.5 Å². The molecule has 0 aliphatic rings. The van der Waals surface area contributed by atoms with Crippen molar-refractivity contribution in [3.63, 3.8) is 0 Å². The quantitative estimate of drug-likeness (QED) is 0.738. The maximum Gasteiger partial charge on any atom is 0.357 e. The molecular formula is C18H13FN2O4. The molecule has 1 atom stereocenters. The van der Waals surface area contributed by atoms with Crippen molar-refractivity contribution in [2.24, 2.45) is 0 Å². The van der Waals surface area contributed by atoms with Crippen LogP contribution >= 0.6 is 0 Å². The molecule has 6 nitrogen and oxygen atoms in total. The average Bonchev–Trinajstić information content (AvgIpc) is 2.61. The first kappa shape index (κ1) is 16.5. The minimum atomic E-state index is -1.30. The molecule has 0 aliphatic carbocycles. The topological polar surface area (TPSA) is 89.3 Å². The number of fused-ring (bicyclic) bond motifs is 1. The molecule has 3 aromatic rings. The van der Waals surface area contributed by atoms with Crippen LogP contribution in [-0.2, 0) is 0 Å². The van der Waals surface area contributed by atoms with Crippen LogP contribution in [0, 0.1) is 5.82 Å². The molecule has 1 aromatic heterocycles. The van der Waals surface area contributed by atoms with Crippen molar-refractivity contribution in [3.8, 4) is 0 Å². The van der Waals surface area contributed by atoms with Gasteiger partial charge in [0.2, 0.25) is 0 Å². The molecule has 0 radical (unpaired) electrons. The number of carbonyl (C=O) groups excluding carboxylic acids is 1. The van der Waals surface area contributed by atoms with Crippen molar-refractivity contribution in [2.45, 2.75) is 13.0 Å². The lowest BCUT2D eigenvalue weighted by Crippen LogP contribution is -2.32. The molecule has 126 valence electrons. The van der Waals surface area contributed by atoms with Gasteiger partial charge in [0.15, 0.2) is 11.5 Å². The summed E-state index contributed by atoms with van der Waals surface area (Å²) in [7, 11) is 0. The Morgan fingerprint density at radius 3 is 2.28 bits per heavy atom. The van der Waals surface area contributed by atoms with Gasteiger partial charge in [0.25, 0.3) is 5.56 Å². The summed E-state index contributed by atoms with van der Waals surface area (Å²) in [5.41, 5.74) is -0.676. The number of halogens is 1. The first-order chi connectivity index (χ1) is 11.9. The second-order valence-electron chi connectivity index (χ2n) is 5.50. The first-order valence-electron chi connectivity index (χ1n) is 7.45. The van der Waals surface area contributed by atoms with Gasteiger partial charge in [-0.25, -0.2) is 13.9 Å². The van der Waals surface area contributed by atoms with Gasteiger partial charge < -0.3 is 5.11 Å². The molecule has 0 spiro atoms. The molecule has 0 bridgehead atoms. The normalized spacial score (nSPS) is 12.1. The van der Waals surface area contributed by atoms with Crippen LogP contribution in [0.3, 0.4) is 0 Å². The predicted octanol–water partition coefficient (Wildman–Crippen LogP) is 2.68. The maximum atomic E-state index is 13.0. The summed E-state index contributed by atoms with van der Waals surface area (Å²) in [4.78, 5) is 36.7. The Bertz CT molecular complexity index is 1040. The van der Waals surface area contributed by atoms with Crippen LogP contribution in [0.5, 0.6) is 0 Å². The van der Waals surface area contributed by atoms with Crippen LogP contribution in [0.2, 0.25) is 0 Å². The lowest BCUT2D eigenvalue weighted by atomic mass is 10.1. The number of ketones is 1. The summed E-state index contributed by atoms with van der Waals surface area (Å²) in [5, 5.41) is 13.6. The zero-order chi connectivity index (χ0) is 18.1. The minimum absolute atomic E-state index is 0.161. The lowest BCUT2D eigenvalue weighted by molar-refractivity contribution is 0.0687. The number of carboxylic acids is 1. The number of Topliss-reactive ketones (excluding diaryl/α,β-unsaturated/α-hetero) is 1. The number of rotatable bonds is 4. The second kappa shape index (κ2) is 6.27. The highest BCUT2D eigenvalue weighted by atomic mass is 19.1. The van der Waals surface area contributed by atoms with E-state index >= 15 is 0 Å². The van der Waals surface area contributed by atoms with E-state index in [1.54, 1.807) is 12.1 Å². The Kier molecular flexibility index (Phi) is 4.14. The van der Waals surface area contributed by atoms with Crippen molar-refractivity contribution in [1.82, 2.24) is 9.78 Å². The molecular weight excluding hydrogens is 327 g/mol. The molecule has 7 heteroatoms. The van der Waals surface area contributed by atoms with E-state index in [1.807, 2.05) is 0 Å². The van der Waals surface area contributed by atoms with Gasteiger partial charge in [0.05, 0.1) is 5.39 Å². The van der Waals surface area contributed by atoms with Crippen molar-refractivity contribution in [3.05, 3.63) is 76.0 Å². The van der Waals surface area contributed by atoms with E-state index < -0.39 is 29.2 Å². The summed E-state index contributed by atoms with van der Waals surface area (Å²) in [5.74, 6) is -2.26. The minimum Gasteiger partial charge on any atom is -0.476 e.